The molecule has 0 saturated carbocycles. The van der Waals surface area contributed by atoms with E-state index in [4.69, 9.17) is 21.1 Å². The predicted octanol–water partition coefficient (Wildman–Crippen LogP) is 3.66. The Morgan fingerprint density at radius 2 is 1.92 bits per heavy atom. The van der Waals surface area contributed by atoms with Gasteiger partial charge in [0.15, 0.2) is 6.61 Å². The summed E-state index contributed by atoms with van der Waals surface area (Å²) in [6.45, 7) is 3.77. The molecule has 0 aliphatic carbocycles. The lowest BCUT2D eigenvalue weighted by Crippen LogP contribution is -2.24. The van der Waals surface area contributed by atoms with E-state index in [1.165, 1.54) is 0 Å². The average molecular weight is 347 g/mol. The molecule has 0 heterocycles. The smallest absolute Gasteiger partial charge is 0.277 e. The molecule has 6 heteroatoms. The first-order chi connectivity index (χ1) is 11.5. The molecule has 0 radical (unpaired) electrons. The topological polar surface area (TPSA) is 59.9 Å². The Bertz CT molecular complexity index is 700. The second kappa shape index (κ2) is 8.93. The van der Waals surface area contributed by atoms with Gasteiger partial charge in [-0.3, -0.25) is 4.79 Å². The van der Waals surface area contributed by atoms with Crippen molar-refractivity contribution in [3.05, 3.63) is 59.1 Å². The zero-order chi connectivity index (χ0) is 17.4. The molecule has 0 unspecified atom stereocenters. The quantitative estimate of drug-likeness (QED) is 0.615. The molecule has 0 fully saturated rings. The number of nitrogens with zero attached hydrogens (tertiary/aromatic N) is 1. The maximum atomic E-state index is 11.7. The van der Waals surface area contributed by atoms with Crippen LogP contribution >= 0.6 is 11.6 Å². The third-order valence-corrected chi connectivity index (χ3v) is 3.16. The normalized spacial score (nSPS) is 10.8. The minimum Gasteiger partial charge on any atom is -0.491 e. The summed E-state index contributed by atoms with van der Waals surface area (Å²) in [5.41, 5.74) is 3.24. The fourth-order valence-corrected chi connectivity index (χ4v) is 2.01. The van der Waals surface area contributed by atoms with E-state index in [9.17, 15) is 4.79 Å². The highest BCUT2D eigenvalue weighted by molar-refractivity contribution is 6.32. The van der Waals surface area contributed by atoms with Crippen LogP contribution in [0.1, 0.15) is 19.4 Å². The van der Waals surface area contributed by atoms with Gasteiger partial charge in [-0.2, -0.15) is 5.10 Å². The van der Waals surface area contributed by atoms with E-state index in [1.807, 2.05) is 38.1 Å². The van der Waals surface area contributed by atoms with Crippen molar-refractivity contribution in [2.45, 2.75) is 20.0 Å². The first-order valence-corrected chi connectivity index (χ1v) is 7.88. The Balaban J connectivity index is 1.78. The van der Waals surface area contributed by atoms with Crippen molar-refractivity contribution in [2.75, 3.05) is 6.61 Å². The van der Waals surface area contributed by atoms with Gasteiger partial charge in [-0.05, 0) is 55.8 Å². The third-order valence-electron chi connectivity index (χ3n) is 2.85. The molecule has 1 N–H and O–H groups in total. The fourth-order valence-electron chi connectivity index (χ4n) is 1.82. The van der Waals surface area contributed by atoms with E-state index < -0.39 is 0 Å². The van der Waals surface area contributed by atoms with E-state index in [2.05, 4.69) is 10.5 Å². The zero-order valence-corrected chi connectivity index (χ0v) is 14.3. The van der Waals surface area contributed by atoms with Crippen LogP contribution in [0.2, 0.25) is 5.02 Å². The zero-order valence-electron chi connectivity index (χ0n) is 13.5. The summed E-state index contributed by atoms with van der Waals surface area (Å²) in [6, 6.07) is 14.4. The van der Waals surface area contributed by atoms with E-state index >= 15 is 0 Å². The summed E-state index contributed by atoms with van der Waals surface area (Å²) >= 11 is 5.94. The minimum absolute atomic E-state index is 0.127. The van der Waals surface area contributed by atoms with Crippen molar-refractivity contribution >= 4 is 23.7 Å². The average Bonchev–Trinajstić information content (AvgIpc) is 2.55. The highest BCUT2D eigenvalue weighted by atomic mass is 35.5. The van der Waals surface area contributed by atoms with Crippen LogP contribution in [0.25, 0.3) is 0 Å². The van der Waals surface area contributed by atoms with Crippen molar-refractivity contribution < 1.29 is 14.3 Å². The number of hydrogen-bond donors (Lipinski definition) is 1. The predicted molar refractivity (Wildman–Crippen MR) is 94.9 cm³/mol. The maximum Gasteiger partial charge on any atom is 0.277 e. The SMILES string of the molecule is CC(C)Oc1ccc(/C=N\NC(=O)COc2ccccc2Cl)cc1. The summed E-state index contributed by atoms with van der Waals surface area (Å²) in [5, 5.41) is 4.34. The minimum atomic E-state index is -0.370. The van der Waals surface area contributed by atoms with Crippen molar-refractivity contribution in [2.24, 2.45) is 5.10 Å². The van der Waals surface area contributed by atoms with Crippen LogP contribution < -0.4 is 14.9 Å². The van der Waals surface area contributed by atoms with E-state index in [0.29, 0.717) is 10.8 Å². The number of para-hydroxylation sites is 1. The van der Waals surface area contributed by atoms with E-state index in [1.54, 1.807) is 30.5 Å². The number of benzene rings is 2. The number of nitrogens with one attached hydrogen (secondary N) is 1. The number of rotatable bonds is 7. The Kier molecular flexibility index (Phi) is 6.63. The molecular weight excluding hydrogens is 328 g/mol. The molecule has 0 aliphatic rings. The molecule has 0 saturated heterocycles. The number of hydrogen-bond acceptors (Lipinski definition) is 4. The van der Waals surface area contributed by atoms with Crippen LogP contribution in [0.15, 0.2) is 53.6 Å². The first-order valence-electron chi connectivity index (χ1n) is 7.50. The van der Waals surface area contributed by atoms with Gasteiger partial charge in [0.1, 0.15) is 11.5 Å². The molecule has 24 heavy (non-hydrogen) atoms. The lowest BCUT2D eigenvalue weighted by atomic mass is 10.2. The van der Waals surface area contributed by atoms with Crippen LogP contribution in [0, 0.1) is 0 Å². The van der Waals surface area contributed by atoms with Gasteiger partial charge in [0.2, 0.25) is 0 Å². The van der Waals surface area contributed by atoms with Gasteiger partial charge in [0.05, 0.1) is 17.3 Å². The number of hydrazone groups is 1. The molecule has 2 aromatic rings. The van der Waals surface area contributed by atoms with Crippen molar-refractivity contribution in [3.63, 3.8) is 0 Å². The number of carbonyl (C=O) groups excluding carboxylic acids is 1. The fraction of sp³-hybridized carbons (Fsp3) is 0.222. The second-order valence-corrected chi connectivity index (χ2v) is 5.66. The van der Waals surface area contributed by atoms with Crippen molar-refractivity contribution in [1.29, 1.82) is 0 Å². The van der Waals surface area contributed by atoms with E-state index in [0.717, 1.165) is 11.3 Å². The Hall–Kier alpha value is -2.53. The molecule has 2 rings (SSSR count). The van der Waals surface area contributed by atoms with Crippen molar-refractivity contribution in [1.82, 2.24) is 5.43 Å². The maximum absolute atomic E-state index is 11.7. The molecule has 5 nitrogen and oxygen atoms in total. The van der Waals surface area contributed by atoms with Gasteiger partial charge < -0.3 is 9.47 Å². The lowest BCUT2D eigenvalue weighted by Gasteiger charge is -2.09. The number of carbonyl (C=O) groups is 1. The molecule has 0 atom stereocenters. The summed E-state index contributed by atoms with van der Waals surface area (Å²) in [7, 11) is 0. The van der Waals surface area contributed by atoms with Crippen LogP contribution in [-0.4, -0.2) is 24.8 Å². The summed E-state index contributed by atoms with van der Waals surface area (Å²) < 4.78 is 10.9. The molecular formula is C18H19ClN2O3. The van der Waals surface area contributed by atoms with Crippen LogP contribution in [0.4, 0.5) is 0 Å². The Morgan fingerprint density at radius 1 is 1.21 bits per heavy atom. The summed E-state index contributed by atoms with van der Waals surface area (Å²) in [6.07, 6.45) is 1.67. The van der Waals surface area contributed by atoms with Gasteiger partial charge in [0, 0.05) is 0 Å². The highest BCUT2D eigenvalue weighted by Gasteiger charge is 2.04. The Labute approximate surface area is 146 Å². The standard InChI is InChI=1S/C18H19ClN2O3/c1-13(2)24-15-9-7-14(8-10-15)11-20-21-18(22)12-23-17-6-4-3-5-16(17)19/h3-11,13H,12H2,1-2H3,(H,21,22)/b20-11-. The van der Waals surface area contributed by atoms with E-state index in [-0.39, 0.29) is 18.6 Å². The Morgan fingerprint density at radius 3 is 2.58 bits per heavy atom. The first kappa shape index (κ1) is 17.8. The van der Waals surface area contributed by atoms with Gasteiger partial charge in [0.25, 0.3) is 5.91 Å². The largest absolute Gasteiger partial charge is 0.491 e. The van der Waals surface area contributed by atoms with Crippen LogP contribution in [-0.2, 0) is 4.79 Å². The molecule has 2 aromatic carbocycles. The van der Waals surface area contributed by atoms with Crippen LogP contribution in [0.5, 0.6) is 11.5 Å². The third kappa shape index (κ3) is 5.93. The molecule has 1 amide bonds. The highest BCUT2D eigenvalue weighted by Crippen LogP contribution is 2.22. The molecule has 0 aromatic heterocycles. The molecule has 0 spiro atoms. The molecule has 0 aliphatic heterocycles. The number of amides is 1. The van der Waals surface area contributed by atoms with Crippen molar-refractivity contribution in [3.8, 4) is 11.5 Å². The van der Waals surface area contributed by atoms with Crippen LogP contribution in [0.3, 0.4) is 0 Å². The lowest BCUT2D eigenvalue weighted by molar-refractivity contribution is -0.123. The summed E-state index contributed by atoms with van der Waals surface area (Å²) in [4.78, 5) is 11.7. The van der Waals surface area contributed by atoms with Gasteiger partial charge in [-0.15, -0.1) is 0 Å². The monoisotopic (exact) mass is 346 g/mol. The number of halogens is 1. The van der Waals surface area contributed by atoms with Gasteiger partial charge >= 0.3 is 0 Å². The second-order valence-electron chi connectivity index (χ2n) is 5.25. The number of ether oxygens (including phenoxy) is 2. The van der Waals surface area contributed by atoms with Gasteiger partial charge in [-0.25, -0.2) is 5.43 Å². The molecule has 126 valence electrons. The molecule has 0 bridgehead atoms. The summed E-state index contributed by atoms with van der Waals surface area (Å²) in [5.74, 6) is 0.879. The van der Waals surface area contributed by atoms with Gasteiger partial charge in [-0.1, -0.05) is 23.7 Å².